The van der Waals surface area contributed by atoms with Gasteiger partial charge in [-0.3, -0.25) is 14.6 Å². The van der Waals surface area contributed by atoms with Gasteiger partial charge in [-0.25, -0.2) is 0 Å². The van der Waals surface area contributed by atoms with Crippen LogP contribution in [0, 0.1) is 0 Å². The van der Waals surface area contributed by atoms with Crippen LogP contribution in [0.2, 0.25) is 0 Å². The average Bonchev–Trinajstić information content (AvgIpc) is 3.33. The van der Waals surface area contributed by atoms with Gasteiger partial charge in [0.15, 0.2) is 5.76 Å². The van der Waals surface area contributed by atoms with Crippen molar-refractivity contribution in [1.82, 2.24) is 9.88 Å². The summed E-state index contributed by atoms with van der Waals surface area (Å²) >= 11 is 1.25. The molecule has 1 aliphatic heterocycles. The molecular weight excluding hydrogens is 376 g/mol. The van der Waals surface area contributed by atoms with E-state index in [4.69, 9.17) is 0 Å². The number of pyridine rings is 1. The lowest BCUT2D eigenvalue weighted by molar-refractivity contribution is -0.130. The number of carbonyl (C=O) groups excluding carboxylic acids is 2. The van der Waals surface area contributed by atoms with E-state index in [1.807, 2.05) is 6.07 Å². The highest BCUT2D eigenvalue weighted by molar-refractivity contribution is 7.12. The van der Waals surface area contributed by atoms with E-state index in [0.29, 0.717) is 16.1 Å². The summed E-state index contributed by atoms with van der Waals surface area (Å²) in [6.45, 7) is 0.135. The van der Waals surface area contributed by atoms with Gasteiger partial charge in [0.2, 0.25) is 5.78 Å². The molecule has 140 valence electrons. The van der Waals surface area contributed by atoms with Crippen LogP contribution in [-0.2, 0) is 11.3 Å². The van der Waals surface area contributed by atoms with E-state index in [9.17, 15) is 19.8 Å². The Bertz CT molecular complexity index is 1040. The van der Waals surface area contributed by atoms with Gasteiger partial charge in [-0.05, 0) is 41.3 Å². The fourth-order valence-corrected chi connectivity index (χ4v) is 3.94. The summed E-state index contributed by atoms with van der Waals surface area (Å²) in [5, 5.41) is 21.9. The molecule has 1 aliphatic rings. The van der Waals surface area contributed by atoms with E-state index < -0.39 is 17.7 Å². The SMILES string of the molecule is O=C(C1=C(O)C(=O)N(Cc2ccccn2)C1c1ccc(O)cc1)c1cccs1. The van der Waals surface area contributed by atoms with Gasteiger partial charge in [0, 0.05) is 6.20 Å². The van der Waals surface area contributed by atoms with Crippen molar-refractivity contribution in [3.63, 3.8) is 0 Å². The minimum absolute atomic E-state index is 0.0362. The first-order chi connectivity index (χ1) is 13.6. The maximum atomic E-state index is 13.1. The number of carbonyl (C=O) groups is 2. The molecule has 1 aromatic carbocycles. The van der Waals surface area contributed by atoms with Crippen LogP contribution in [0.15, 0.2) is 77.5 Å². The molecule has 1 amide bonds. The van der Waals surface area contributed by atoms with Crippen molar-refractivity contribution in [3.05, 3.63) is 93.6 Å². The van der Waals surface area contributed by atoms with Crippen molar-refractivity contribution in [3.8, 4) is 5.75 Å². The topological polar surface area (TPSA) is 90.7 Å². The third-order valence-corrected chi connectivity index (χ3v) is 5.43. The predicted octanol–water partition coefficient (Wildman–Crippen LogP) is 3.63. The van der Waals surface area contributed by atoms with Gasteiger partial charge in [-0.1, -0.05) is 24.3 Å². The number of aliphatic hydroxyl groups is 1. The summed E-state index contributed by atoms with van der Waals surface area (Å²) in [7, 11) is 0. The molecule has 4 rings (SSSR count). The number of rotatable bonds is 5. The number of phenolic OH excluding ortho intramolecular Hbond substituents is 1. The lowest BCUT2D eigenvalue weighted by atomic mass is 9.95. The monoisotopic (exact) mass is 392 g/mol. The quantitative estimate of drug-likeness (QED) is 0.647. The fourth-order valence-electron chi connectivity index (χ4n) is 3.26. The largest absolute Gasteiger partial charge is 0.508 e. The van der Waals surface area contributed by atoms with Crippen LogP contribution in [-0.4, -0.2) is 31.8 Å². The highest BCUT2D eigenvalue weighted by Crippen LogP contribution is 2.40. The number of aromatic nitrogens is 1. The second kappa shape index (κ2) is 7.28. The van der Waals surface area contributed by atoms with Crippen LogP contribution in [0.4, 0.5) is 0 Å². The van der Waals surface area contributed by atoms with Gasteiger partial charge < -0.3 is 15.1 Å². The number of aliphatic hydroxyl groups excluding tert-OH is 1. The van der Waals surface area contributed by atoms with Crippen molar-refractivity contribution < 1.29 is 19.8 Å². The van der Waals surface area contributed by atoms with Gasteiger partial charge in [-0.2, -0.15) is 0 Å². The molecule has 1 atom stereocenters. The second-order valence-corrected chi connectivity index (χ2v) is 7.26. The number of hydrogen-bond donors (Lipinski definition) is 2. The third-order valence-electron chi connectivity index (χ3n) is 4.56. The average molecular weight is 392 g/mol. The van der Waals surface area contributed by atoms with Crippen LogP contribution < -0.4 is 0 Å². The summed E-state index contributed by atoms with van der Waals surface area (Å²) in [6, 6.07) is 14.2. The van der Waals surface area contributed by atoms with Crippen LogP contribution in [0.25, 0.3) is 0 Å². The number of benzene rings is 1. The first-order valence-electron chi connectivity index (χ1n) is 8.57. The highest BCUT2D eigenvalue weighted by atomic mass is 32.1. The molecule has 2 N–H and O–H groups in total. The molecule has 1 unspecified atom stereocenters. The summed E-state index contributed by atoms with van der Waals surface area (Å²) in [5.74, 6) is -1.48. The van der Waals surface area contributed by atoms with E-state index in [1.165, 1.54) is 28.4 Å². The van der Waals surface area contributed by atoms with E-state index in [0.717, 1.165) is 0 Å². The van der Waals surface area contributed by atoms with Crippen LogP contribution >= 0.6 is 11.3 Å². The van der Waals surface area contributed by atoms with Crippen molar-refractivity contribution >= 4 is 23.0 Å². The Morgan fingerprint density at radius 3 is 2.50 bits per heavy atom. The molecule has 2 aromatic heterocycles. The summed E-state index contributed by atoms with van der Waals surface area (Å²) in [5.41, 5.74) is 1.29. The van der Waals surface area contributed by atoms with Gasteiger partial charge in [-0.15, -0.1) is 11.3 Å². The molecule has 6 nitrogen and oxygen atoms in total. The predicted molar refractivity (Wildman–Crippen MR) is 104 cm³/mol. The van der Waals surface area contributed by atoms with Gasteiger partial charge in [0.1, 0.15) is 5.75 Å². The third kappa shape index (κ3) is 3.16. The van der Waals surface area contributed by atoms with Crippen molar-refractivity contribution in [1.29, 1.82) is 0 Å². The Kier molecular flexibility index (Phi) is 4.67. The van der Waals surface area contributed by atoms with E-state index >= 15 is 0 Å². The molecular formula is C21H16N2O4S. The Morgan fingerprint density at radius 1 is 1.07 bits per heavy atom. The summed E-state index contributed by atoms with van der Waals surface area (Å²) < 4.78 is 0. The Morgan fingerprint density at radius 2 is 1.86 bits per heavy atom. The van der Waals surface area contributed by atoms with Gasteiger partial charge in [0.05, 0.1) is 28.7 Å². The van der Waals surface area contributed by atoms with Crippen LogP contribution in [0.3, 0.4) is 0 Å². The number of amides is 1. The van der Waals surface area contributed by atoms with E-state index in [-0.39, 0.29) is 23.7 Å². The second-order valence-electron chi connectivity index (χ2n) is 6.32. The van der Waals surface area contributed by atoms with Crippen molar-refractivity contribution in [2.24, 2.45) is 0 Å². The molecule has 3 aromatic rings. The lowest BCUT2D eigenvalue weighted by Gasteiger charge is -2.26. The number of Topliss-reactive ketones (excluding diaryl/α,β-unsaturated/α-hetero) is 1. The zero-order valence-corrected chi connectivity index (χ0v) is 15.5. The summed E-state index contributed by atoms with van der Waals surface area (Å²) in [6.07, 6.45) is 1.62. The highest BCUT2D eigenvalue weighted by Gasteiger charge is 2.44. The molecule has 7 heteroatoms. The van der Waals surface area contributed by atoms with Gasteiger partial charge in [0.25, 0.3) is 5.91 Å². The zero-order chi connectivity index (χ0) is 19.7. The molecule has 0 radical (unpaired) electrons. The maximum absolute atomic E-state index is 13.1. The molecule has 0 aliphatic carbocycles. The lowest BCUT2D eigenvalue weighted by Crippen LogP contribution is -2.31. The van der Waals surface area contributed by atoms with E-state index in [2.05, 4.69) is 4.98 Å². The first kappa shape index (κ1) is 17.9. The summed E-state index contributed by atoms with van der Waals surface area (Å²) in [4.78, 5) is 32.0. The molecule has 0 saturated carbocycles. The minimum atomic E-state index is -0.773. The van der Waals surface area contributed by atoms with Crippen LogP contribution in [0.5, 0.6) is 5.75 Å². The van der Waals surface area contributed by atoms with Crippen LogP contribution in [0.1, 0.15) is 27.0 Å². The fraction of sp³-hybridized carbons (Fsp3) is 0.0952. The minimum Gasteiger partial charge on any atom is -0.508 e. The first-order valence-corrected chi connectivity index (χ1v) is 9.45. The normalized spacial score (nSPS) is 16.6. The molecule has 0 fully saturated rings. The number of hydrogen-bond acceptors (Lipinski definition) is 6. The molecule has 0 spiro atoms. The standard InChI is InChI=1S/C21H16N2O4S/c24-15-8-6-13(7-9-15)18-17(19(25)16-5-3-11-28-16)20(26)21(27)23(18)12-14-4-1-2-10-22-14/h1-11,18,24,26H,12H2. The number of nitrogens with zero attached hydrogens (tertiary/aromatic N) is 2. The molecule has 0 bridgehead atoms. The molecule has 28 heavy (non-hydrogen) atoms. The van der Waals surface area contributed by atoms with Crippen molar-refractivity contribution in [2.75, 3.05) is 0 Å². The number of ketones is 1. The molecule has 0 saturated heterocycles. The maximum Gasteiger partial charge on any atom is 0.290 e. The van der Waals surface area contributed by atoms with Crippen molar-refractivity contribution in [2.45, 2.75) is 12.6 Å². The zero-order valence-electron chi connectivity index (χ0n) is 14.6. The van der Waals surface area contributed by atoms with Gasteiger partial charge >= 0.3 is 0 Å². The number of aromatic hydroxyl groups is 1. The van der Waals surface area contributed by atoms with E-state index in [1.54, 1.807) is 48.0 Å². The Balaban J connectivity index is 1.79. The smallest absolute Gasteiger partial charge is 0.290 e. The Hall–Kier alpha value is -3.45. The number of thiophene rings is 1. The number of phenols is 1. The molecule has 3 heterocycles. The Labute approximate surface area is 165 Å².